The van der Waals surface area contributed by atoms with Crippen LogP contribution in [0.4, 0.5) is 0 Å². The van der Waals surface area contributed by atoms with Gasteiger partial charge in [0.25, 0.3) is 0 Å². The van der Waals surface area contributed by atoms with Crippen molar-refractivity contribution >= 4 is 11.6 Å². The van der Waals surface area contributed by atoms with Crippen LogP contribution in [0.2, 0.25) is 0 Å². The number of nitrogens with zero attached hydrogens (tertiary/aromatic N) is 2. The molecule has 62 valence electrons. The van der Waals surface area contributed by atoms with E-state index in [1.807, 2.05) is 18.7 Å². The number of rotatable bonds is 3. The molecular weight excluding hydrogens is 160 g/mol. The van der Waals surface area contributed by atoms with Gasteiger partial charge in [-0.25, -0.2) is 0 Å². The molecule has 0 saturated heterocycles. The quantitative estimate of drug-likeness (QED) is 0.637. The molecule has 11 heavy (non-hydrogen) atoms. The van der Waals surface area contributed by atoms with Crippen molar-refractivity contribution in [1.29, 1.82) is 0 Å². The van der Waals surface area contributed by atoms with Gasteiger partial charge in [-0.05, 0) is 25.8 Å². The molecule has 1 aromatic heterocycles. The predicted octanol–water partition coefficient (Wildman–Crippen LogP) is 1.90. The first-order valence-electron chi connectivity index (χ1n) is 3.79. The minimum Gasteiger partial charge on any atom is -0.272 e. The van der Waals surface area contributed by atoms with Crippen molar-refractivity contribution in [2.45, 2.75) is 19.8 Å². The minimum atomic E-state index is 0.726. The number of hydrogen-bond acceptors (Lipinski definition) is 1. The van der Waals surface area contributed by atoms with Crippen LogP contribution >= 0.6 is 11.6 Å². The van der Waals surface area contributed by atoms with E-state index in [0.717, 1.165) is 24.4 Å². The SMILES string of the molecule is Cc1cc(CCCCl)n(C)n1. The van der Waals surface area contributed by atoms with Crippen LogP contribution in [0.5, 0.6) is 0 Å². The number of hydrogen-bond donors (Lipinski definition) is 0. The molecular formula is C8H13ClN2. The van der Waals surface area contributed by atoms with Crippen molar-refractivity contribution in [1.82, 2.24) is 9.78 Å². The van der Waals surface area contributed by atoms with Crippen molar-refractivity contribution in [2.75, 3.05) is 5.88 Å². The van der Waals surface area contributed by atoms with Crippen LogP contribution in [0, 0.1) is 6.92 Å². The van der Waals surface area contributed by atoms with Gasteiger partial charge >= 0.3 is 0 Å². The predicted molar refractivity (Wildman–Crippen MR) is 47.0 cm³/mol. The summed E-state index contributed by atoms with van der Waals surface area (Å²) in [5.74, 6) is 0.726. The van der Waals surface area contributed by atoms with Gasteiger partial charge in [0, 0.05) is 18.6 Å². The second-order valence-electron chi connectivity index (χ2n) is 2.69. The summed E-state index contributed by atoms with van der Waals surface area (Å²) < 4.78 is 1.92. The van der Waals surface area contributed by atoms with Gasteiger partial charge in [0.1, 0.15) is 0 Å². The molecule has 1 heterocycles. The molecule has 1 rings (SSSR count). The fourth-order valence-electron chi connectivity index (χ4n) is 1.15. The van der Waals surface area contributed by atoms with Crippen LogP contribution in [-0.4, -0.2) is 15.7 Å². The van der Waals surface area contributed by atoms with Gasteiger partial charge in [0.05, 0.1) is 5.69 Å². The minimum absolute atomic E-state index is 0.726. The van der Waals surface area contributed by atoms with Crippen molar-refractivity contribution in [3.05, 3.63) is 17.5 Å². The smallest absolute Gasteiger partial charge is 0.0596 e. The van der Waals surface area contributed by atoms with Crippen LogP contribution in [0.3, 0.4) is 0 Å². The van der Waals surface area contributed by atoms with Gasteiger partial charge < -0.3 is 0 Å². The fraction of sp³-hybridized carbons (Fsp3) is 0.625. The van der Waals surface area contributed by atoms with Gasteiger partial charge in [-0.1, -0.05) is 0 Å². The maximum absolute atomic E-state index is 5.58. The molecule has 0 saturated carbocycles. The Morgan fingerprint density at radius 3 is 2.82 bits per heavy atom. The third-order valence-electron chi connectivity index (χ3n) is 1.67. The Kier molecular flexibility index (Phi) is 2.94. The van der Waals surface area contributed by atoms with E-state index in [1.165, 1.54) is 5.69 Å². The lowest BCUT2D eigenvalue weighted by Crippen LogP contribution is -1.98. The summed E-state index contributed by atoms with van der Waals surface area (Å²) in [4.78, 5) is 0. The Labute approximate surface area is 72.2 Å². The van der Waals surface area contributed by atoms with E-state index in [4.69, 9.17) is 11.6 Å². The zero-order chi connectivity index (χ0) is 8.27. The van der Waals surface area contributed by atoms with E-state index in [9.17, 15) is 0 Å². The van der Waals surface area contributed by atoms with Crippen molar-refractivity contribution in [3.63, 3.8) is 0 Å². The summed E-state index contributed by atoms with van der Waals surface area (Å²) >= 11 is 5.58. The second-order valence-corrected chi connectivity index (χ2v) is 3.07. The van der Waals surface area contributed by atoms with Crippen molar-refractivity contribution in [3.8, 4) is 0 Å². The number of aryl methyl sites for hydroxylation is 3. The van der Waals surface area contributed by atoms with Crippen molar-refractivity contribution < 1.29 is 0 Å². The lowest BCUT2D eigenvalue weighted by atomic mass is 10.2. The first-order chi connectivity index (χ1) is 5.24. The molecule has 0 aromatic carbocycles. The molecule has 0 amide bonds. The monoisotopic (exact) mass is 172 g/mol. The standard InChI is InChI=1S/C8H13ClN2/c1-7-6-8(4-3-5-9)11(2)10-7/h6H,3-5H2,1-2H3. The molecule has 0 fully saturated rings. The summed E-state index contributed by atoms with van der Waals surface area (Å²) in [6, 6.07) is 2.10. The molecule has 1 aromatic rings. The molecule has 0 spiro atoms. The fourth-order valence-corrected chi connectivity index (χ4v) is 1.28. The molecule has 0 unspecified atom stereocenters. The van der Waals surface area contributed by atoms with Gasteiger partial charge in [-0.15, -0.1) is 11.6 Å². The van der Waals surface area contributed by atoms with E-state index >= 15 is 0 Å². The van der Waals surface area contributed by atoms with Crippen molar-refractivity contribution in [2.24, 2.45) is 7.05 Å². The zero-order valence-electron chi connectivity index (χ0n) is 6.97. The third-order valence-corrected chi connectivity index (χ3v) is 1.93. The van der Waals surface area contributed by atoms with Crippen LogP contribution < -0.4 is 0 Å². The van der Waals surface area contributed by atoms with E-state index in [0.29, 0.717) is 0 Å². The Morgan fingerprint density at radius 1 is 1.64 bits per heavy atom. The first-order valence-corrected chi connectivity index (χ1v) is 4.33. The van der Waals surface area contributed by atoms with Gasteiger partial charge in [-0.3, -0.25) is 4.68 Å². The highest BCUT2D eigenvalue weighted by Crippen LogP contribution is 2.04. The van der Waals surface area contributed by atoms with Crippen LogP contribution in [0.15, 0.2) is 6.07 Å². The number of aromatic nitrogens is 2. The average Bonchev–Trinajstić information content (AvgIpc) is 2.26. The summed E-state index contributed by atoms with van der Waals surface area (Å²) in [7, 11) is 1.97. The van der Waals surface area contributed by atoms with Crippen LogP contribution in [-0.2, 0) is 13.5 Å². The Balaban J connectivity index is 2.62. The van der Waals surface area contributed by atoms with Crippen LogP contribution in [0.25, 0.3) is 0 Å². The molecule has 0 atom stereocenters. The van der Waals surface area contributed by atoms with Gasteiger partial charge in [0.15, 0.2) is 0 Å². The summed E-state index contributed by atoms with van der Waals surface area (Å²) in [5.41, 5.74) is 2.35. The van der Waals surface area contributed by atoms with Gasteiger partial charge in [-0.2, -0.15) is 5.10 Å². The highest BCUT2D eigenvalue weighted by atomic mass is 35.5. The van der Waals surface area contributed by atoms with Gasteiger partial charge in [0.2, 0.25) is 0 Å². The number of alkyl halides is 1. The molecule has 3 heteroatoms. The van der Waals surface area contributed by atoms with E-state index in [1.54, 1.807) is 0 Å². The molecule has 0 aliphatic rings. The Hall–Kier alpha value is -0.500. The number of halogens is 1. The molecule has 0 aliphatic carbocycles. The van der Waals surface area contributed by atoms with E-state index < -0.39 is 0 Å². The first kappa shape index (κ1) is 8.60. The molecule has 2 nitrogen and oxygen atoms in total. The summed E-state index contributed by atoms with van der Waals surface area (Å²) in [6.07, 6.45) is 2.06. The Bertz CT molecular complexity index is 230. The summed E-state index contributed by atoms with van der Waals surface area (Å²) in [6.45, 7) is 2.00. The van der Waals surface area contributed by atoms with E-state index in [-0.39, 0.29) is 0 Å². The molecule has 0 bridgehead atoms. The average molecular weight is 173 g/mol. The molecule has 0 aliphatic heterocycles. The second kappa shape index (κ2) is 3.77. The highest BCUT2D eigenvalue weighted by Gasteiger charge is 1.99. The summed E-state index contributed by atoms with van der Waals surface area (Å²) in [5, 5.41) is 4.24. The largest absolute Gasteiger partial charge is 0.272 e. The lowest BCUT2D eigenvalue weighted by Gasteiger charge is -1.97. The maximum Gasteiger partial charge on any atom is 0.0596 e. The van der Waals surface area contributed by atoms with Crippen LogP contribution in [0.1, 0.15) is 17.8 Å². The van der Waals surface area contributed by atoms with E-state index in [2.05, 4.69) is 11.2 Å². The third kappa shape index (κ3) is 2.22. The normalized spacial score (nSPS) is 10.5. The molecule has 0 radical (unpaired) electrons. The maximum atomic E-state index is 5.58. The highest BCUT2D eigenvalue weighted by molar-refractivity contribution is 6.17. The zero-order valence-corrected chi connectivity index (χ0v) is 7.73. The Morgan fingerprint density at radius 2 is 2.36 bits per heavy atom. The lowest BCUT2D eigenvalue weighted by molar-refractivity contribution is 0.693. The molecule has 0 N–H and O–H groups in total. The topological polar surface area (TPSA) is 17.8 Å².